The van der Waals surface area contributed by atoms with Gasteiger partial charge in [0.05, 0.1) is 18.8 Å². The Balaban J connectivity index is 2.51. The van der Waals surface area contributed by atoms with Crippen molar-refractivity contribution in [3.8, 4) is 0 Å². The molecule has 2 rings (SSSR count). The highest BCUT2D eigenvalue weighted by molar-refractivity contribution is 5.85. The zero-order valence-electron chi connectivity index (χ0n) is 10.9. The highest BCUT2D eigenvalue weighted by Crippen LogP contribution is 2.38. The van der Waals surface area contributed by atoms with Gasteiger partial charge in [-0.05, 0) is 18.2 Å². The van der Waals surface area contributed by atoms with Crippen LogP contribution in [0.15, 0.2) is 18.2 Å². The van der Waals surface area contributed by atoms with Gasteiger partial charge in [-0.25, -0.2) is 0 Å². The van der Waals surface area contributed by atoms with Crippen molar-refractivity contribution in [2.75, 3.05) is 24.7 Å². The maximum Gasteiger partial charge on any atom is 0.418 e. The number of anilines is 1. The number of hydrogen-bond donors (Lipinski definition) is 1. The van der Waals surface area contributed by atoms with Crippen molar-refractivity contribution in [3.05, 3.63) is 29.3 Å². The first-order valence-electron chi connectivity index (χ1n) is 6.14. The second-order valence-electron chi connectivity index (χ2n) is 4.58. The second kappa shape index (κ2) is 5.72. The van der Waals surface area contributed by atoms with Gasteiger partial charge in [0.2, 0.25) is 5.91 Å². The van der Waals surface area contributed by atoms with Gasteiger partial charge in [0.1, 0.15) is 12.3 Å². The molecule has 1 amide bonds. The highest BCUT2D eigenvalue weighted by atomic mass is 19.4. The van der Waals surface area contributed by atoms with Crippen molar-refractivity contribution in [2.45, 2.75) is 12.2 Å². The van der Waals surface area contributed by atoms with Crippen LogP contribution in [0.4, 0.5) is 18.9 Å². The number of benzene rings is 1. The molecule has 0 aromatic heterocycles. The summed E-state index contributed by atoms with van der Waals surface area (Å²) in [7, 11) is 0. The first-order chi connectivity index (χ1) is 9.84. The second-order valence-corrected chi connectivity index (χ2v) is 4.58. The van der Waals surface area contributed by atoms with Crippen molar-refractivity contribution in [1.29, 1.82) is 0 Å². The molecule has 1 atom stereocenters. The lowest BCUT2D eigenvalue weighted by Crippen LogP contribution is -2.53. The molecule has 0 bridgehead atoms. The summed E-state index contributed by atoms with van der Waals surface area (Å²) in [5, 5.41) is 0. The predicted molar refractivity (Wildman–Crippen MR) is 68.0 cm³/mol. The summed E-state index contributed by atoms with van der Waals surface area (Å²) in [5.74, 6) is -0.762. The smallest absolute Gasteiger partial charge is 0.377 e. The molecule has 1 aliphatic rings. The van der Waals surface area contributed by atoms with Crippen molar-refractivity contribution < 1.29 is 27.5 Å². The van der Waals surface area contributed by atoms with Crippen LogP contribution < -0.4 is 10.6 Å². The molecule has 1 unspecified atom stereocenters. The lowest BCUT2D eigenvalue weighted by molar-refractivity contribution is -0.137. The van der Waals surface area contributed by atoms with Gasteiger partial charge < -0.3 is 15.4 Å². The first-order valence-corrected chi connectivity index (χ1v) is 6.14. The Hall–Kier alpha value is -2.09. The number of morpholine rings is 1. The molecule has 1 aliphatic heterocycles. The third-order valence-electron chi connectivity index (χ3n) is 3.23. The number of primary amides is 1. The quantitative estimate of drug-likeness (QED) is 0.852. The molecule has 114 valence electrons. The molecule has 21 heavy (non-hydrogen) atoms. The van der Waals surface area contributed by atoms with E-state index in [1.165, 1.54) is 17.0 Å². The van der Waals surface area contributed by atoms with E-state index in [1.54, 1.807) is 0 Å². The van der Waals surface area contributed by atoms with Crippen LogP contribution in [0.2, 0.25) is 0 Å². The largest absolute Gasteiger partial charge is 0.418 e. The maximum atomic E-state index is 13.2. The SMILES string of the molecule is NC(=O)C1COCCN1c1ccc(C=O)cc1C(F)(F)F. The molecular formula is C13H13F3N2O3. The molecule has 1 aromatic rings. The summed E-state index contributed by atoms with van der Waals surface area (Å²) in [5.41, 5.74) is 3.97. The van der Waals surface area contributed by atoms with Crippen LogP contribution in [0.25, 0.3) is 0 Å². The molecule has 0 aliphatic carbocycles. The van der Waals surface area contributed by atoms with E-state index in [2.05, 4.69) is 0 Å². The average molecular weight is 302 g/mol. The lowest BCUT2D eigenvalue weighted by Gasteiger charge is -2.36. The van der Waals surface area contributed by atoms with E-state index in [0.29, 0.717) is 6.29 Å². The van der Waals surface area contributed by atoms with Gasteiger partial charge in [-0.15, -0.1) is 0 Å². The summed E-state index contributed by atoms with van der Waals surface area (Å²) < 4.78 is 44.6. The third kappa shape index (κ3) is 3.15. The fraction of sp³-hybridized carbons (Fsp3) is 0.385. The van der Waals surface area contributed by atoms with Gasteiger partial charge in [-0.1, -0.05) is 0 Å². The van der Waals surface area contributed by atoms with Crippen LogP contribution in [0.1, 0.15) is 15.9 Å². The van der Waals surface area contributed by atoms with Gasteiger partial charge in [0, 0.05) is 17.8 Å². The van der Waals surface area contributed by atoms with Crippen LogP contribution in [-0.2, 0) is 15.7 Å². The number of carbonyl (C=O) groups is 2. The third-order valence-corrected chi connectivity index (χ3v) is 3.23. The number of hydrogen-bond acceptors (Lipinski definition) is 4. The van der Waals surface area contributed by atoms with Crippen LogP contribution in [0.3, 0.4) is 0 Å². The zero-order valence-corrected chi connectivity index (χ0v) is 10.9. The van der Waals surface area contributed by atoms with Crippen LogP contribution >= 0.6 is 0 Å². The molecule has 1 aromatic carbocycles. The van der Waals surface area contributed by atoms with Crippen molar-refractivity contribution in [1.82, 2.24) is 0 Å². The number of nitrogens with two attached hydrogens (primary N) is 1. The Labute approximate surface area is 118 Å². The molecule has 1 saturated heterocycles. The minimum absolute atomic E-state index is 0.0674. The van der Waals surface area contributed by atoms with Crippen LogP contribution in [0, 0.1) is 0 Å². The van der Waals surface area contributed by atoms with Crippen molar-refractivity contribution in [2.24, 2.45) is 5.73 Å². The molecule has 0 radical (unpaired) electrons. The summed E-state index contributed by atoms with van der Waals surface area (Å²) >= 11 is 0. The molecule has 0 saturated carbocycles. The fourth-order valence-electron chi connectivity index (χ4n) is 2.23. The number of halogens is 3. The number of nitrogens with zero attached hydrogens (tertiary/aromatic N) is 1. The van der Waals surface area contributed by atoms with Gasteiger partial charge >= 0.3 is 6.18 Å². The van der Waals surface area contributed by atoms with E-state index < -0.39 is 23.7 Å². The average Bonchev–Trinajstić information content (AvgIpc) is 2.45. The Morgan fingerprint density at radius 2 is 2.14 bits per heavy atom. The lowest BCUT2D eigenvalue weighted by atomic mass is 10.1. The summed E-state index contributed by atoms with van der Waals surface area (Å²) in [4.78, 5) is 23.3. The Bertz CT molecular complexity index is 560. The van der Waals surface area contributed by atoms with E-state index in [1.807, 2.05) is 0 Å². The van der Waals surface area contributed by atoms with Gasteiger partial charge in [0.15, 0.2) is 0 Å². The maximum absolute atomic E-state index is 13.2. The number of amides is 1. The summed E-state index contributed by atoms with van der Waals surface area (Å²) in [6, 6.07) is 2.23. The van der Waals surface area contributed by atoms with E-state index >= 15 is 0 Å². The number of ether oxygens (including phenoxy) is 1. The molecule has 1 heterocycles. The van der Waals surface area contributed by atoms with Gasteiger partial charge in [-0.2, -0.15) is 13.2 Å². The summed E-state index contributed by atoms with van der Waals surface area (Å²) in [6.45, 7) is 0.232. The van der Waals surface area contributed by atoms with Crippen molar-refractivity contribution >= 4 is 17.9 Å². The Morgan fingerprint density at radius 1 is 1.43 bits per heavy atom. The number of alkyl halides is 3. The van der Waals surface area contributed by atoms with E-state index in [0.717, 1.165) is 6.07 Å². The summed E-state index contributed by atoms with van der Waals surface area (Å²) in [6.07, 6.45) is -4.31. The Morgan fingerprint density at radius 3 is 2.71 bits per heavy atom. The molecule has 1 fully saturated rings. The Kier molecular flexibility index (Phi) is 4.17. The monoisotopic (exact) mass is 302 g/mol. The number of carbonyl (C=O) groups excluding carboxylic acids is 2. The van der Waals surface area contributed by atoms with Crippen LogP contribution in [0.5, 0.6) is 0 Å². The topological polar surface area (TPSA) is 72.6 Å². The van der Waals surface area contributed by atoms with Gasteiger partial charge in [-0.3, -0.25) is 9.59 Å². The van der Waals surface area contributed by atoms with Crippen LogP contribution in [-0.4, -0.2) is 38.0 Å². The fourth-order valence-corrected chi connectivity index (χ4v) is 2.23. The minimum Gasteiger partial charge on any atom is -0.377 e. The van der Waals surface area contributed by atoms with E-state index in [4.69, 9.17) is 10.5 Å². The van der Waals surface area contributed by atoms with E-state index in [-0.39, 0.29) is 31.0 Å². The van der Waals surface area contributed by atoms with E-state index in [9.17, 15) is 22.8 Å². The highest BCUT2D eigenvalue weighted by Gasteiger charge is 2.38. The molecule has 5 nitrogen and oxygen atoms in total. The standard InChI is InChI=1S/C13H13F3N2O3/c14-13(15,16)9-5-8(6-19)1-2-10(9)18-3-4-21-7-11(18)12(17)20/h1-2,5-6,11H,3-4,7H2,(H2,17,20). The molecular weight excluding hydrogens is 289 g/mol. The molecule has 0 spiro atoms. The molecule has 2 N–H and O–H groups in total. The normalized spacial score (nSPS) is 19.4. The number of aldehydes is 1. The van der Waals surface area contributed by atoms with Gasteiger partial charge in [0.25, 0.3) is 0 Å². The minimum atomic E-state index is -4.64. The van der Waals surface area contributed by atoms with Crippen molar-refractivity contribution in [3.63, 3.8) is 0 Å². The first kappa shape index (κ1) is 15.3. The molecule has 8 heteroatoms. The number of rotatable bonds is 3. The predicted octanol–water partition coefficient (Wildman–Crippen LogP) is 1.21. The zero-order chi connectivity index (χ0) is 15.6.